The normalized spacial score (nSPS) is 18.1. The number of hydrogen-bond acceptors (Lipinski definition) is 5. The minimum atomic E-state index is 0.374. The summed E-state index contributed by atoms with van der Waals surface area (Å²) in [7, 11) is 1.82. The third kappa shape index (κ3) is 2.55. The SMILES string of the molecule is CNc1nc(NCC2(C)CCCCC2)c2cn[nH]c2n1. The standard InChI is InChI=1S/C14H22N6/c1-14(6-4-3-5-7-14)9-16-11-10-8-17-20-12(10)19-13(15-2)18-11/h8H,3-7,9H2,1-2H3,(H3,15,16,17,18,19,20). The van der Waals surface area contributed by atoms with Gasteiger partial charge in [0.05, 0.1) is 11.6 Å². The monoisotopic (exact) mass is 274 g/mol. The van der Waals surface area contributed by atoms with E-state index in [4.69, 9.17) is 0 Å². The van der Waals surface area contributed by atoms with Gasteiger partial charge in [0.2, 0.25) is 5.95 Å². The van der Waals surface area contributed by atoms with Crippen molar-refractivity contribution in [2.75, 3.05) is 24.2 Å². The molecule has 0 spiro atoms. The molecule has 2 aromatic rings. The van der Waals surface area contributed by atoms with Crippen molar-refractivity contribution in [3.8, 4) is 0 Å². The number of nitrogens with zero attached hydrogens (tertiary/aromatic N) is 3. The molecule has 6 heteroatoms. The molecule has 20 heavy (non-hydrogen) atoms. The summed E-state index contributed by atoms with van der Waals surface area (Å²) in [6.45, 7) is 3.32. The molecule has 1 saturated carbocycles. The predicted octanol–water partition coefficient (Wildman–Crippen LogP) is 2.78. The maximum atomic E-state index is 4.51. The van der Waals surface area contributed by atoms with Crippen LogP contribution < -0.4 is 10.6 Å². The second kappa shape index (κ2) is 5.26. The van der Waals surface area contributed by atoms with E-state index in [1.807, 2.05) is 7.05 Å². The van der Waals surface area contributed by atoms with Crippen molar-refractivity contribution in [1.82, 2.24) is 20.2 Å². The summed E-state index contributed by atoms with van der Waals surface area (Å²) in [6.07, 6.45) is 8.41. The molecule has 2 aromatic heterocycles. The molecule has 2 heterocycles. The van der Waals surface area contributed by atoms with Gasteiger partial charge in [0.15, 0.2) is 5.65 Å². The van der Waals surface area contributed by atoms with Crippen LogP contribution in [-0.2, 0) is 0 Å². The van der Waals surface area contributed by atoms with Crippen LogP contribution in [0.5, 0.6) is 0 Å². The van der Waals surface area contributed by atoms with Gasteiger partial charge in [0.1, 0.15) is 5.82 Å². The number of fused-ring (bicyclic) bond motifs is 1. The van der Waals surface area contributed by atoms with Gasteiger partial charge in [-0.2, -0.15) is 15.1 Å². The van der Waals surface area contributed by atoms with Crippen molar-refractivity contribution in [2.45, 2.75) is 39.0 Å². The first-order chi connectivity index (χ1) is 9.70. The number of H-pyrrole nitrogens is 1. The zero-order valence-corrected chi connectivity index (χ0v) is 12.2. The molecule has 0 bridgehead atoms. The predicted molar refractivity (Wildman–Crippen MR) is 80.9 cm³/mol. The summed E-state index contributed by atoms with van der Waals surface area (Å²) in [5.74, 6) is 1.47. The van der Waals surface area contributed by atoms with Gasteiger partial charge >= 0.3 is 0 Å². The topological polar surface area (TPSA) is 78.5 Å². The molecule has 108 valence electrons. The summed E-state index contributed by atoms with van der Waals surface area (Å²) < 4.78 is 0. The maximum absolute atomic E-state index is 4.51. The first kappa shape index (κ1) is 13.1. The Hall–Kier alpha value is -1.85. The van der Waals surface area contributed by atoms with Gasteiger partial charge in [-0.05, 0) is 18.3 Å². The van der Waals surface area contributed by atoms with E-state index in [9.17, 15) is 0 Å². The van der Waals surface area contributed by atoms with Crippen molar-refractivity contribution in [2.24, 2.45) is 5.41 Å². The van der Waals surface area contributed by atoms with Crippen LogP contribution in [0.25, 0.3) is 11.0 Å². The molecule has 3 rings (SSSR count). The Labute approximate surface area is 118 Å². The summed E-state index contributed by atoms with van der Waals surface area (Å²) in [5, 5.41) is 14.4. The third-order valence-corrected chi connectivity index (χ3v) is 4.28. The van der Waals surface area contributed by atoms with Crippen LogP contribution in [-0.4, -0.2) is 33.8 Å². The van der Waals surface area contributed by atoms with Crippen LogP contribution in [0, 0.1) is 5.41 Å². The molecule has 0 unspecified atom stereocenters. The third-order valence-electron chi connectivity index (χ3n) is 4.28. The van der Waals surface area contributed by atoms with Gasteiger partial charge in [-0.3, -0.25) is 5.10 Å². The number of aromatic amines is 1. The van der Waals surface area contributed by atoms with E-state index in [0.717, 1.165) is 23.4 Å². The fourth-order valence-electron chi connectivity index (χ4n) is 2.96. The van der Waals surface area contributed by atoms with Gasteiger partial charge in [-0.1, -0.05) is 26.2 Å². The summed E-state index contributed by atoms with van der Waals surface area (Å²) in [5.41, 5.74) is 1.14. The van der Waals surface area contributed by atoms with Crippen molar-refractivity contribution < 1.29 is 0 Å². The van der Waals surface area contributed by atoms with E-state index in [1.54, 1.807) is 6.20 Å². The highest BCUT2D eigenvalue weighted by molar-refractivity contribution is 5.86. The summed E-state index contributed by atoms with van der Waals surface area (Å²) >= 11 is 0. The first-order valence-corrected chi connectivity index (χ1v) is 7.33. The second-order valence-corrected chi connectivity index (χ2v) is 6.00. The minimum absolute atomic E-state index is 0.374. The molecule has 0 amide bonds. The number of nitrogens with one attached hydrogen (secondary N) is 3. The number of aromatic nitrogens is 4. The van der Waals surface area contributed by atoms with Crippen LogP contribution in [0.4, 0.5) is 11.8 Å². The quantitative estimate of drug-likeness (QED) is 0.799. The highest BCUT2D eigenvalue weighted by atomic mass is 15.2. The van der Waals surface area contributed by atoms with E-state index >= 15 is 0 Å². The van der Waals surface area contributed by atoms with Gasteiger partial charge in [0.25, 0.3) is 0 Å². The Balaban J connectivity index is 1.81. The van der Waals surface area contributed by atoms with Crippen LogP contribution in [0.1, 0.15) is 39.0 Å². The van der Waals surface area contributed by atoms with E-state index in [2.05, 4.69) is 37.7 Å². The van der Waals surface area contributed by atoms with E-state index < -0.39 is 0 Å². The maximum Gasteiger partial charge on any atom is 0.226 e. The average Bonchev–Trinajstić information content (AvgIpc) is 2.93. The van der Waals surface area contributed by atoms with E-state index in [-0.39, 0.29) is 0 Å². The molecule has 0 aromatic carbocycles. The van der Waals surface area contributed by atoms with Gasteiger partial charge in [-0.25, -0.2) is 0 Å². The zero-order valence-electron chi connectivity index (χ0n) is 12.2. The Bertz CT molecular complexity index is 584. The molecule has 0 saturated heterocycles. The molecule has 0 aliphatic heterocycles. The molecule has 3 N–H and O–H groups in total. The number of rotatable bonds is 4. The van der Waals surface area contributed by atoms with Crippen LogP contribution in [0.3, 0.4) is 0 Å². The molecule has 1 aliphatic carbocycles. The summed E-state index contributed by atoms with van der Waals surface area (Å²) in [4.78, 5) is 8.86. The number of anilines is 2. The van der Waals surface area contributed by atoms with Gasteiger partial charge in [-0.15, -0.1) is 0 Å². The molecule has 0 atom stereocenters. The Morgan fingerprint density at radius 2 is 2.05 bits per heavy atom. The first-order valence-electron chi connectivity index (χ1n) is 7.33. The molecule has 0 radical (unpaired) electrons. The molecule has 1 aliphatic rings. The largest absolute Gasteiger partial charge is 0.369 e. The Kier molecular flexibility index (Phi) is 3.46. The minimum Gasteiger partial charge on any atom is -0.369 e. The van der Waals surface area contributed by atoms with Crippen LogP contribution in [0.2, 0.25) is 0 Å². The Morgan fingerprint density at radius 1 is 1.25 bits per heavy atom. The van der Waals surface area contributed by atoms with Crippen LogP contribution >= 0.6 is 0 Å². The lowest BCUT2D eigenvalue weighted by Gasteiger charge is -2.33. The lowest BCUT2D eigenvalue weighted by molar-refractivity contribution is 0.233. The zero-order chi connectivity index (χ0) is 14.0. The highest BCUT2D eigenvalue weighted by Gasteiger charge is 2.26. The van der Waals surface area contributed by atoms with Gasteiger partial charge in [0, 0.05) is 13.6 Å². The van der Waals surface area contributed by atoms with Crippen LogP contribution in [0.15, 0.2) is 6.20 Å². The lowest BCUT2D eigenvalue weighted by atomic mass is 9.76. The molecular weight excluding hydrogens is 252 g/mol. The van der Waals surface area contributed by atoms with Gasteiger partial charge < -0.3 is 10.6 Å². The van der Waals surface area contributed by atoms with Crippen molar-refractivity contribution >= 4 is 22.8 Å². The van der Waals surface area contributed by atoms with E-state index in [0.29, 0.717) is 11.4 Å². The molecular formula is C14H22N6. The Morgan fingerprint density at radius 3 is 2.80 bits per heavy atom. The highest BCUT2D eigenvalue weighted by Crippen LogP contribution is 2.36. The second-order valence-electron chi connectivity index (χ2n) is 6.00. The summed E-state index contributed by atoms with van der Waals surface area (Å²) in [6, 6.07) is 0. The average molecular weight is 274 g/mol. The smallest absolute Gasteiger partial charge is 0.226 e. The van der Waals surface area contributed by atoms with Crippen molar-refractivity contribution in [3.05, 3.63) is 6.20 Å². The molecule has 6 nitrogen and oxygen atoms in total. The fraction of sp³-hybridized carbons (Fsp3) is 0.643. The van der Waals surface area contributed by atoms with Crippen molar-refractivity contribution in [3.63, 3.8) is 0 Å². The molecule has 1 fully saturated rings. The number of hydrogen-bond donors (Lipinski definition) is 3. The van der Waals surface area contributed by atoms with Crippen molar-refractivity contribution in [1.29, 1.82) is 0 Å². The van der Waals surface area contributed by atoms with E-state index in [1.165, 1.54) is 32.1 Å². The lowest BCUT2D eigenvalue weighted by Crippen LogP contribution is -2.29. The fourth-order valence-corrected chi connectivity index (χ4v) is 2.96.